The summed E-state index contributed by atoms with van der Waals surface area (Å²) < 4.78 is 47.5. The number of benzene rings is 1. The van der Waals surface area contributed by atoms with Gasteiger partial charge in [-0.3, -0.25) is 19.2 Å². The van der Waals surface area contributed by atoms with Crippen molar-refractivity contribution in [2.75, 3.05) is 46.6 Å². The van der Waals surface area contributed by atoms with E-state index in [1.165, 1.54) is 4.49 Å². The third-order valence-electron chi connectivity index (χ3n) is 11.2. The highest BCUT2D eigenvalue weighted by molar-refractivity contribution is 7.94. The van der Waals surface area contributed by atoms with Crippen LogP contribution in [-0.4, -0.2) is 124 Å². The van der Waals surface area contributed by atoms with Crippen LogP contribution >= 0.6 is 12.0 Å². The van der Waals surface area contributed by atoms with Crippen molar-refractivity contribution in [3.8, 4) is 5.75 Å². The van der Waals surface area contributed by atoms with Gasteiger partial charge in [0, 0.05) is 85.5 Å². The molecule has 66 heavy (non-hydrogen) atoms. The highest BCUT2D eigenvalue weighted by atomic mass is 32.2. The minimum atomic E-state index is -4.28. The molecule has 0 spiro atoms. The van der Waals surface area contributed by atoms with Crippen LogP contribution in [-0.2, 0) is 38.2 Å². The zero-order valence-electron chi connectivity index (χ0n) is 37.8. The number of aromatic amines is 1. The number of carbonyl (C=O) groups is 5. The lowest BCUT2D eigenvalue weighted by Crippen LogP contribution is -2.51. The van der Waals surface area contributed by atoms with Crippen molar-refractivity contribution in [2.45, 2.75) is 77.7 Å². The summed E-state index contributed by atoms with van der Waals surface area (Å²) in [7, 11) is 6.38. The van der Waals surface area contributed by atoms with Gasteiger partial charge in [0.05, 0.1) is 40.0 Å². The molecule has 354 valence electrons. The van der Waals surface area contributed by atoms with Crippen LogP contribution in [0.15, 0.2) is 59.8 Å². The number of hydrogen-bond acceptors (Lipinski definition) is 11. The number of fused-ring (bicyclic) bond motifs is 2. The maximum absolute atomic E-state index is 17.0. The van der Waals surface area contributed by atoms with Gasteiger partial charge in [0.1, 0.15) is 17.5 Å². The number of hydrogen-bond donors (Lipinski definition) is 4. The predicted molar refractivity (Wildman–Crippen MR) is 244 cm³/mol. The number of nitrogens with zero attached hydrogens (tertiary/aromatic N) is 4. The van der Waals surface area contributed by atoms with Gasteiger partial charge in [0.25, 0.3) is 11.8 Å². The van der Waals surface area contributed by atoms with Crippen LogP contribution in [0.4, 0.5) is 8.63 Å². The highest BCUT2D eigenvalue weighted by Crippen LogP contribution is 2.39. The number of unbranched alkanes of at least 4 members (excludes halogenated alkanes) is 1. The topological polar surface area (TPSA) is 194 Å². The molecule has 4 N–H and O–H groups in total. The van der Waals surface area contributed by atoms with E-state index in [1.807, 2.05) is 50.3 Å². The fourth-order valence-corrected chi connectivity index (χ4v) is 8.34. The first-order valence-electron chi connectivity index (χ1n) is 21.9. The fraction of sp³-hybridized carbons (Fsp3) is 0.422. The number of imide groups is 1. The second kappa shape index (κ2) is 22.1. The molecule has 1 saturated heterocycles. The van der Waals surface area contributed by atoms with Crippen molar-refractivity contribution in [3.05, 3.63) is 93.7 Å². The lowest BCUT2D eigenvalue weighted by molar-refractivity contribution is -0.870. The smallest absolute Gasteiger partial charge is 0.494 e. The average molecular weight is 937 g/mol. The van der Waals surface area contributed by atoms with Crippen molar-refractivity contribution in [1.82, 2.24) is 25.2 Å². The Morgan fingerprint density at radius 2 is 1.73 bits per heavy atom. The number of allylic oxidation sites excluding steroid dienone is 2. The molecule has 3 aromatic rings. The van der Waals surface area contributed by atoms with E-state index in [0.29, 0.717) is 77.0 Å². The van der Waals surface area contributed by atoms with E-state index in [9.17, 15) is 24.0 Å². The Labute approximate surface area is 386 Å². The number of H-pyrrole nitrogens is 1. The molecule has 21 heteroatoms. The van der Waals surface area contributed by atoms with Crippen LogP contribution < -0.4 is 15.4 Å². The number of quaternary nitrogens is 1. The number of carbonyl (C=O) groups excluding carboxylic acids is 5. The third-order valence-corrected chi connectivity index (χ3v) is 11.8. The first-order chi connectivity index (χ1) is 31.4. The van der Waals surface area contributed by atoms with E-state index >= 15 is 8.63 Å². The van der Waals surface area contributed by atoms with Crippen LogP contribution in [0.3, 0.4) is 0 Å². The predicted octanol–water partition coefficient (Wildman–Crippen LogP) is 5.72. The standard InChI is InChI=1S/C45H56BF2N7O10S/c1-30-26-34(52-38(30)28-39-33(10-8-24-55(3,4)5)27-40(53(39)46(52,47)48)36-20-13-31(2)50-36)17-14-32-15-18-35(19-16-32)62-25-9-11-41(56)51-37(29-66-65-64-61)45(60)49-23-7-6-12-44(59)63-54-42(57)21-22-43(54)58/h13-20,26-28,37,50H,6-12,21-25,29H2,1-5H3,(H2-,49,51,56,60,61)/p+1/b17-14+. The Bertz CT molecular complexity index is 2410. The fourth-order valence-electron chi connectivity index (χ4n) is 7.87. The number of aromatic nitrogens is 2. The number of rotatable bonds is 24. The van der Waals surface area contributed by atoms with Gasteiger partial charge in [-0.05, 0) is 87.1 Å². The van der Waals surface area contributed by atoms with E-state index in [1.54, 1.807) is 30.4 Å². The van der Waals surface area contributed by atoms with E-state index in [2.05, 4.69) is 46.1 Å². The van der Waals surface area contributed by atoms with Gasteiger partial charge in [0.2, 0.25) is 11.8 Å². The summed E-state index contributed by atoms with van der Waals surface area (Å²) in [5.41, 5.74) is 5.81. The van der Waals surface area contributed by atoms with Crippen LogP contribution in [0.25, 0.3) is 18.2 Å². The van der Waals surface area contributed by atoms with Crippen molar-refractivity contribution < 1.29 is 65.8 Å². The van der Waals surface area contributed by atoms with Gasteiger partial charge >= 0.3 is 12.9 Å². The van der Waals surface area contributed by atoms with Crippen molar-refractivity contribution >= 4 is 72.6 Å². The molecule has 5 heterocycles. The number of hydroxylamine groups is 2. The maximum Gasteiger partial charge on any atom is 0.737 e. The number of aryl methyl sites for hydroxylation is 2. The zero-order valence-corrected chi connectivity index (χ0v) is 38.6. The molecule has 0 radical (unpaired) electrons. The Morgan fingerprint density at radius 3 is 2.41 bits per heavy atom. The van der Waals surface area contributed by atoms with Crippen molar-refractivity contribution in [1.29, 1.82) is 0 Å². The molecule has 3 aliphatic heterocycles. The van der Waals surface area contributed by atoms with Crippen molar-refractivity contribution in [3.63, 3.8) is 0 Å². The largest absolute Gasteiger partial charge is 0.737 e. The van der Waals surface area contributed by atoms with Gasteiger partial charge in [-0.1, -0.05) is 23.2 Å². The normalized spacial score (nSPS) is 16.0. The van der Waals surface area contributed by atoms with Crippen LogP contribution in [0.1, 0.15) is 91.7 Å². The first-order valence-corrected chi connectivity index (χ1v) is 22.8. The van der Waals surface area contributed by atoms with Gasteiger partial charge in [0.15, 0.2) is 11.4 Å². The molecule has 6 rings (SSSR count). The molecular formula is C45H57BF2N7O10S+. The monoisotopic (exact) mass is 936 g/mol. The van der Waals surface area contributed by atoms with Crippen LogP contribution in [0.5, 0.6) is 5.75 Å². The molecule has 3 aliphatic rings. The molecule has 2 aromatic heterocycles. The number of halogens is 2. The Kier molecular flexibility index (Phi) is 16.6. The molecule has 4 amide bonds. The van der Waals surface area contributed by atoms with Gasteiger partial charge in [-0.25, -0.2) is 10.1 Å². The Hall–Kier alpha value is -5.87. The van der Waals surface area contributed by atoms with Crippen molar-refractivity contribution in [2.24, 2.45) is 0 Å². The SMILES string of the molecule is Cc1ccc(C2=[N+]3C(=Cc4c(C)cc(/C=C/c5ccc(OCCCC(=O)NC(CSOOO)C(=O)NCCCCC(=O)ON6C(=O)CCC6=O)cc5)n4[B-]3(F)F)C(CCC[N+](C)(C)C)=C2)[nH]1. The van der Waals surface area contributed by atoms with E-state index in [-0.39, 0.29) is 44.6 Å². The highest BCUT2D eigenvalue weighted by Gasteiger charge is 2.54. The number of amides is 4. The summed E-state index contributed by atoms with van der Waals surface area (Å²) in [5.74, 6) is -2.43. The quantitative estimate of drug-likeness (QED) is 0.0164. The summed E-state index contributed by atoms with van der Waals surface area (Å²) in [6.07, 6.45) is 9.71. The molecule has 0 aliphatic carbocycles. The Morgan fingerprint density at radius 1 is 0.985 bits per heavy atom. The summed E-state index contributed by atoms with van der Waals surface area (Å²) >= 11 is 0.596. The van der Waals surface area contributed by atoms with Gasteiger partial charge in [-0.2, -0.15) is 0 Å². The van der Waals surface area contributed by atoms with E-state index < -0.39 is 42.6 Å². The summed E-state index contributed by atoms with van der Waals surface area (Å²) in [4.78, 5) is 69.0. The number of nitrogens with one attached hydrogen (secondary N) is 3. The molecule has 0 bridgehead atoms. The van der Waals surface area contributed by atoms with Crippen LogP contribution in [0.2, 0.25) is 0 Å². The molecule has 0 saturated carbocycles. The molecule has 17 nitrogen and oxygen atoms in total. The minimum absolute atomic E-state index is 0.00744. The molecule has 1 unspecified atom stereocenters. The van der Waals surface area contributed by atoms with E-state index in [0.717, 1.165) is 44.3 Å². The molecule has 1 atom stereocenters. The third kappa shape index (κ3) is 12.7. The summed E-state index contributed by atoms with van der Waals surface area (Å²) in [6.45, 7) is 0.733. The minimum Gasteiger partial charge on any atom is -0.494 e. The first kappa shape index (κ1) is 49.6. The molecular weight excluding hydrogens is 879 g/mol. The van der Waals surface area contributed by atoms with Gasteiger partial charge in [-0.15, -0.1) is 9.40 Å². The number of ether oxygens (including phenoxy) is 1. The molecule has 1 fully saturated rings. The van der Waals surface area contributed by atoms with E-state index in [4.69, 9.17) is 14.8 Å². The lowest BCUT2D eigenvalue weighted by atomic mass is 9.88. The van der Waals surface area contributed by atoms with Gasteiger partial charge < -0.3 is 47.3 Å². The zero-order chi connectivity index (χ0) is 47.6. The Balaban J connectivity index is 0.992. The average Bonchev–Trinajstić information content (AvgIpc) is 4.03. The second-order valence-corrected chi connectivity index (χ2v) is 18.1. The molecule has 1 aromatic carbocycles. The maximum atomic E-state index is 17.0. The lowest BCUT2D eigenvalue weighted by Gasteiger charge is -2.31. The summed E-state index contributed by atoms with van der Waals surface area (Å²) in [6, 6.07) is 11.6. The summed E-state index contributed by atoms with van der Waals surface area (Å²) in [5, 5.41) is 17.8. The second-order valence-electron chi connectivity index (χ2n) is 17.4. The van der Waals surface area contributed by atoms with Crippen LogP contribution in [0, 0.1) is 13.8 Å².